The fraction of sp³-hybridized carbons (Fsp3) is 0.179. The zero-order chi connectivity index (χ0) is 28.3. The normalized spacial score (nSPS) is 14.4. The molecule has 0 spiro atoms. The van der Waals surface area contributed by atoms with Gasteiger partial charge in [0, 0.05) is 36.1 Å². The van der Waals surface area contributed by atoms with Gasteiger partial charge in [-0.15, -0.1) is 0 Å². The summed E-state index contributed by atoms with van der Waals surface area (Å²) in [5.41, 5.74) is 6.38. The maximum Gasteiger partial charge on any atom is 0.243 e. The molecule has 5 rings (SSSR count). The molecule has 2 aromatic heterocycles. The van der Waals surface area contributed by atoms with Crippen LogP contribution in [0, 0.1) is 12.7 Å². The molecule has 9 nitrogen and oxygen atoms in total. The Kier molecular flexibility index (Phi) is 8.03. The summed E-state index contributed by atoms with van der Waals surface area (Å²) in [7, 11) is -3.59. The number of carbonyl (C=O) groups excluding carboxylic acids is 1. The lowest BCUT2D eigenvalue weighted by molar-refractivity contribution is 0.0730. The second-order valence-corrected chi connectivity index (χ2v) is 11.4. The summed E-state index contributed by atoms with van der Waals surface area (Å²) in [6, 6.07) is 17.3. The van der Waals surface area contributed by atoms with Crippen molar-refractivity contribution in [2.45, 2.75) is 11.8 Å². The number of ether oxygens (including phenoxy) is 1. The second kappa shape index (κ2) is 11.6. The van der Waals surface area contributed by atoms with E-state index in [1.54, 1.807) is 28.9 Å². The molecule has 12 heteroatoms. The number of rotatable bonds is 7. The van der Waals surface area contributed by atoms with Crippen molar-refractivity contribution in [2.75, 3.05) is 31.6 Å². The van der Waals surface area contributed by atoms with Crippen molar-refractivity contribution >= 4 is 50.6 Å². The van der Waals surface area contributed by atoms with E-state index in [9.17, 15) is 17.6 Å². The summed E-state index contributed by atoms with van der Waals surface area (Å²) < 4.78 is 47.4. The largest absolute Gasteiger partial charge is 0.379 e. The molecule has 1 aliphatic heterocycles. The number of hydrazone groups is 1. The van der Waals surface area contributed by atoms with Crippen LogP contribution >= 0.6 is 12.2 Å². The first-order valence-electron chi connectivity index (χ1n) is 12.4. The topological polar surface area (TPSA) is 105 Å². The molecule has 0 bridgehead atoms. The van der Waals surface area contributed by atoms with Crippen molar-refractivity contribution in [3.8, 4) is 0 Å². The molecule has 2 aromatic carbocycles. The Bertz CT molecular complexity index is 1700. The molecular formula is C28H26FN5O4S2. The second-order valence-electron chi connectivity index (χ2n) is 9.04. The molecule has 1 fully saturated rings. The molecule has 1 saturated heterocycles. The number of thiocarbonyl (C=S) groups is 1. The SMILES string of the molecule is Cc1c(C=NNC(=S)Nc2ccc(S(=O)(=O)N3CCOCC3)cc2)c2ccccn2c1C(=O)c1ccc(F)cc1. The highest BCUT2D eigenvalue weighted by molar-refractivity contribution is 7.89. The number of benzene rings is 2. The van der Waals surface area contributed by atoms with E-state index in [0.29, 0.717) is 48.8 Å². The van der Waals surface area contributed by atoms with Crippen molar-refractivity contribution in [1.82, 2.24) is 14.1 Å². The van der Waals surface area contributed by atoms with Crippen LogP contribution in [0.4, 0.5) is 10.1 Å². The van der Waals surface area contributed by atoms with Gasteiger partial charge in [0.2, 0.25) is 15.8 Å². The van der Waals surface area contributed by atoms with Gasteiger partial charge in [-0.2, -0.15) is 9.41 Å². The van der Waals surface area contributed by atoms with Crippen molar-refractivity contribution in [3.63, 3.8) is 0 Å². The lowest BCUT2D eigenvalue weighted by Crippen LogP contribution is -2.40. The number of fused-ring (bicyclic) bond motifs is 1. The van der Waals surface area contributed by atoms with Gasteiger partial charge in [0.05, 0.1) is 35.5 Å². The van der Waals surface area contributed by atoms with Crippen LogP contribution in [0.1, 0.15) is 27.2 Å². The predicted molar refractivity (Wildman–Crippen MR) is 155 cm³/mol. The van der Waals surface area contributed by atoms with E-state index in [-0.39, 0.29) is 15.8 Å². The van der Waals surface area contributed by atoms with Gasteiger partial charge in [0.15, 0.2) is 5.11 Å². The molecule has 1 aliphatic rings. The maximum atomic E-state index is 13.4. The average molecular weight is 580 g/mol. The summed E-state index contributed by atoms with van der Waals surface area (Å²) >= 11 is 5.34. The predicted octanol–water partition coefficient (Wildman–Crippen LogP) is 3.96. The van der Waals surface area contributed by atoms with Crippen molar-refractivity contribution in [1.29, 1.82) is 0 Å². The highest BCUT2D eigenvalue weighted by Crippen LogP contribution is 2.24. The summed E-state index contributed by atoms with van der Waals surface area (Å²) in [5.74, 6) is -0.645. The van der Waals surface area contributed by atoms with Crippen LogP contribution < -0.4 is 10.7 Å². The Hall–Kier alpha value is -3.97. The van der Waals surface area contributed by atoms with Crippen LogP contribution in [0.2, 0.25) is 0 Å². The zero-order valence-electron chi connectivity index (χ0n) is 21.5. The van der Waals surface area contributed by atoms with Crippen LogP contribution in [0.3, 0.4) is 0 Å². The number of hydrogen-bond acceptors (Lipinski definition) is 6. The molecule has 0 amide bonds. The Balaban J connectivity index is 1.29. The molecule has 4 aromatic rings. The number of ketones is 1. The minimum atomic E-state index is -3.59. The third-order valence-corrected chi connectivity index (χ3v) is 8.64. The minimum Gasteiger partial charge on any atom is -0.379 e. The number of anilines is 1. The van der Waals surface area contributed by atoms with E-state index in [4.69, 9.17) is 17.0 Å². The minimum absolute atomic E-state index is 0.193. The van der Waals surface area contributed by atoms with Crippen LogP contribution in [0.25, 0.3) is 5.52 Å². The summed E-state index contributed by atoms with van der Waals surface area (Å²) in [5, 5.41) is 7.43. The van der Waals surface area contributed by atoms with Crippen molar-refractivity contribution in [3.05, 3.63) is 101 Å². The van der Waals surface area contributed by atoms with E-state index in [1.807, 2.05) is 25.1 Å². The van der Waals surface area contributed by atoms with Crippen LogP contribution in [-0.2, 0) is 14.8 Å². The van der Waals surface area contributed by atoms with Gasteiger partial charge >= 0.3 is 0 Å². The van der Waals surface area contributed by atoms with Crippen LogP contribution in [-0.4, -0.2) is 60.5 Å². The molecule has 0 atom stereocenters. The Morgan fingerprint density at radius 2 is 1.75 bits per heavy atom. The monoisotopic (exact) mass is 579 g/mol. The van der Waals surface area contributed by atoms with Gasteiger partial charge in [0.25, 0.3) is 0 Å². The Morgan fingerprint density at radius 1 is 1.05 bits per heavy atom. The third-order valence-electron chi connectivity index (χ3n) is 6.54. The number of morpholine rings is 1. The van der Waals surface area contributed by atoms with Crippen LogP contribution in [0.15, 0.2) is 82.9 Å². The summed E-state index contributed by atoms with van der Waals surface area (Å²) in [4.78, 5) is 13.5. The van der Waals surface area contributed by atoms with E-state index >= 15 is 0 Å². The first kappa shape index (κ1) is 27.6. The Labute approximate surface area is 236 Å². The molecule has 40 heavy (non-hydrogen) atoms. The Morgan fingerprint density at radius 3 is 2.45 bits per heavy atom. The van der Waals surface area contributed by atoms with Gasteiger partial charge in [-0.3, -0.25) is 10.2 Å². The van der Waals surface area contributed by atoms with Crippen LogP contribution in [0.5, 0.6) is 0 Å². The number of aromatic nitrogens is 1. The smallest absolute Gasteiger partial charge is 0.243 e. The molecule has 0 unspecified atom stereocenters. The standard InChI is InChI=1S/C28H26FN5O4S2/c1-19-24(25-4-2-3-13-34(25)26(19)27(35)20-5-7-21(29)8-6-20)18-30-32-28(39)31-22-9-11-23(12-10-22)40(36,37)33-14-16-38-17-15-33/h2-13,18H,14-17H2,1H3,(H2,31,32,39). The highest BCUT2D eigenvalue weighted by Gasteiger charge is 2.26. The van der Waals surface area contributed by atoms with E-state index in [2.05, 4.69) is 15.8 Å². The summed E-state index contributed by atoms with van der Waals surface area (Å²) in [6.45, 7) is 3.24. The third kappa shape index (κ3) is 5.65. The first-order valence-corrected chi connectivity index (χ1v) is 14.3. The molecule has 0 aliphatic carbocycles. The first-order chi connectivity index (χ1) is 19.3. The number of hydrogen-bond donors (Lipinski definition) is 2. The molecule has 2 N–H and O–H groups in total. The van der Waals surface area contributed by atoms with E-state index in [0.717, 1.165) is 11.1 Å². The van der Waals surface area contributed by atoms with Gasteiger partial charge in [-0.25, -0.2) is 12.8 Å². The number of carbonyl (C=O) groups is 1. The van der Waals surface area contributed by atoms with Gasteiger partial charge < -0.3 is 14.5 Å². The lowest BCUT2D eigenvalue weighted by atomic mass is 10.0. The number of pyridine rings is 1. The number of sulfonamides is 1. The highest BCUT2D eigenvalue weighted by atomic mass is 32.2. The fourth-order valence-electron chi connectivity index (χ4n) is 4.50. The molecule has 0 radical (unpaired) electrons. The summed E-state index contributed by atoms with van der Waals surface area (Å²) in [6.07, 6.45) is 3.37. The molecule has 0 saturated carbocycles. The quantitative estimate of drug-likeness (QED) is 0.148. The number of nitrogens with zero attached hydrogens (tertiary/aromatic N) is 3. The maximum absolute atomic E-state index is 13.4. The van der Waals surface area contributed by atoms with Gasteiger partial charge in [-0.05, 0) is 85.4 Å². The molecule has 3 heterocycles. The lowest BCUT2D eigenvalue weighted by Gasteiger charge is -2.26. The van der Waals surface area contributed by atoms with Gasteiger partial charge in [-0.1, -0.05) is 6.07 Å². The zero-order valence-corrected chi connectivity index (χ0v) is 23.1. The average Bonchev–Trinajstić information content (AvgIpc) is 3.24. The van der Waals surface area contributed by atoms with E-state index in [1.165, 1.54) is 40.7 Å². The van der Waals surface area contributed by atoms with E-state index < -0.39 is 15.8 Å². The van der Waals surface area contributed by atoms with Gasteiger partial charge in [0.1, 0.15) is 5.82 Å². The van der Waals surface area contributed by atoms with Crippen molar-refractivity contribution < 1.29 is 22.3 Å². The number of nitrogens with one attached hydrogen (secondary N) is 2. The fourth-order valence-corrected chi connectivity index (χ4v) is 6.08. The number of halogens is 1. The molecule has 206 valence electrons. The van der Waals surface area contributed by atoms with Crippen molar-refractivity contribution in [2.24, 2.45) is 5.10 Å². The molecular weight excluding hydrogens is 553 g/mol.